The highest BCUT2D eigenvalue weighted by Crippen LogP contribution is 2.28. The summed E-state index contributed by atoms with van der Waals surface area (Å²) in [5, 5.41) is 9.57. The molecule has 21 heavy (non-hydrogen) atoms. The van der Waals surface area contributed by atoms with Gasteiger partial charge in [0.2, 0.25) is 0 Å². The lowest BCUT2D eigenvalue weighted by molar-refractivity contribution is 0.193. The van der Waals surface area contributed by atoms with Gasteiger partial charge in [0.1, 0.15) is 11.6 Å². The molecule has 0 saturated heterocycles. The Balaban J connectivity index is 2.02. The second kappa shape index (κ2) is 7.02. The van der Waals surface area contributed by atoms with Crippen LogP contribution in [0.15, 0.2) is 53.4 Å². The number of benzene rings is 2. The van der Waals surface area contributed by atoms with Gasteiger partial charge in [-0.3, -0.25) is 0 Å². The summed E-state index contributed by atoms with van der Waals surface area (Å²) < 4.78 is 26.6. The van der Waals surface area contributed by atoms with Gasteiger partial charge in [-0.15, -0.1) is 11.8 Å². The maximum Gasteiger partial charge on any atom is 0.136 e. The fraction of sp³-hybridized carbons (Fsp3) is 0.250. The number of halogens is 2. The van der Waals surface area contributed by atoms with Crippen LogP contribution in [-0.4, -0.2) is 17.5 Å². The molecule has 0 fully saturated rings. The summed E-state index contributed by atoms with van der Waals surface area (Å²) in [6.45, 7) is -0.205. The Morgan fingerprint density at radius 1 is 1.10 bits per heavy atom. The average molecular weight is 309 g/mol. The molecule has 3 N–H and O–H groups in total. The van der Waals surface area contributed by atoms with E-state index in [1.165, 1.54) is 17.8 Å². The Bertz CT molecular complexity index is 594. The molecule has 0 spiro atoms. The van der Waals surface area contributed by atoms with Gasteiger partial charge >= 0.3 is 0 Å². The first kappa shape index (κ1) is 15.9. The molecule has 2 aromatic carbocycles. The fourth-order valence-corrected chi connectivity index (χ4v) is 3.10. The predicted octanol–water partition coefficient (Wildman–Crippen LogP) is 3.29. The zero-order valence-corrected chi connectivity index (χ0v) is 12.2. The SMILES string of the molecule is NC(CO)(CCSc1cc(F)ccc1F)c1ccccc1. The Morgan fingerprint density at radius 3 is 2.48 bits per heavy atom. The number of aliphatic hydroxyl groups is 1. The summed E-state index contributed by atoms with van der Waals surface area (Å²) in [4.78, 5) is 0.253. The van der Waals surface area contributed by atoms with Crippen LogP contribution in [0, 0.1) is 11.6 Å². The third-order valence-electron chi connectivity index (χ3n) is 3.33. The standard InChI is InChI=1S/C16H17F2NOS/c17-13-6-7-14(18)15(10-13)21-9-8-16(19,11-20)12-4-2-1-3-5-12/h1-7,10,20H,8-9,11,19H2. The summed E-state index contributed by atoms with van der Waals surface area (Å²) in [6, 6.07) is 12.6. The third kappa shape index (κ3) is 4.03. The summed E-state index contributed by atoms with van der Waals surface area (Å²) in [5.74, 6) is -0.442. The Labute approximate surface area is 127 Å². The van der Waals surface area contributed by atoms with E-state index in [1.54, 1.807) is 0 Å². The molecule has 0 aromatic heterocycles. The molecule has 0 aliphatic carbocycles. The molecule has 2 nitrogen and oxygen atoms in total. The molecule has 0 bridgehead atoms. The van der Waals surface area contributed by atoms with Gasteiger partial charge in [0.15, 0.2) is 0 Å². The molecule has 1 atom stereocenters. The van der Waals surface area contributed by atoms with Crippen LogP contribution in [-0.2, 0) is 5.54 Å². The van der Waals surface area contributed by atoms with Gasteiger partial charge in [-0.2, -0.15) is 0 Å². The van der Waals surface area contributed by atoms with Crippen LogP contribution in [0.4, 0.5) is 8.78 Å². The zero-order chi connectivity index (χ0) is 15.3. The van der Waals surface area contributed by atoms with Gasteiger partial charge in [0.05, 0.1) is 12.1 Å². The molecule has 0 heterocycles. The van der Waals surface area contributed by atoms with Crippen LogP contribution >= 0.6 is 11.8 Å². The minimum atomic E-state index is -0.877. The Morgan fingerprint density at radius 2 is 1.81 bits per heavy atom. The normalized spacial score (nSPS) is 13.9. The third-order valence-corrected chi connectivity index (χ3v) is 4.36. The molecule has 5 heteroatoms. The van der Waals surface area contributed by atoms with Crippen molar-refractivity contribution >= 4 is 11.8 Å². The van der Waals surface area contributed by atoms with Crippen molar-refractivity contribution in [2.24, 2.45) is 5.73 Å². The molecular weight excluding hydrogens is 292 g/mol. The molecule has 1 unspecified atom stereocenters. The molecule has 0 aliphatic heterocycles. The van der Waals surface area contributed by atoms with Gasteiger partial charge in [-0.05, 0) is 30.2 Å². The number of rotatable bonds is 6. The molecule has 2 rings (SSSR count). The van der Waals surface area contributed by atoms with Crippen LogP contribution in [0.5, 0.6) is 0 Å². The van der Waals surface area contributed by atoms with Crippen LogP contribution in [0.1, 0.15) is 12.0 Å². The molecule has 0 radical (unpaired) electrons. The van der Waals surface area contributed by atoms with Gasteiger partial charge in [0.25, 0.3) is 0 Å². The summed E-state index contributed by atoms with van der Waals surface area (Å²) in [7, 11) is 0. The number of nitrogens with two attached hydrogens (primary N) is 1. The van der Waals surface area contributed by atoms with E-state index < -0.39 is 17.2 Å². The van der Waals surface area contributed by atoms with Crippen molar-refractivity contribution in [1.82, 2.24) is 0 Å². The highest BCUT2D eigenvalue weighted by molar-refractivity contribution is 7.99. The topological polar surface area (TPSA) is 46.2 Å². The quantitative estimate of drug-likeness (QED) is 0.805. The van der Waals surface area contributed by atoms with Crippen molar-refractivity contribution in [3.8, 4) is 0 Å². The second-order valence-electron chi connectivity index (χ2n) is 4.85. The van der Waals surface area contributed by atoms with Gasteiger partial charge in [-0.25, -0.2) is 8.78 Å². The lowest BCUT2D eigenvalue weighted by atomic mass is 9.89. The van der Waals surface area contributed by atoms with Gasteiger partial charge in [-0.1, -0.05) is 30.3 Å². The van der Waals surface area contributed by atoms with E-state index in [4.69, 9.17) is 5.73 Å². The summed E-state index contributed by atoms with van der Waals surface area (Å²) in [6.07, 6.45) is 0.453. The van der Waals surface area contributed by atoms with E-state index in [0.717, 1.165) is 17.7 Å². The maximum absolute atomic E-state index is 13.5. The zero-order valence-electron chi connectivity index (χ0n) is 11.4. The number of hydrogen-bond donors (Lipinski definition) is 2. The molecule has 2 aromatic rings. The van der Waals surface area contributed by atoms with Gasteiger partial charge in [0, 0.05) is 10.6 Å². The van der Waals surface area contributed by atoms with E-state index in [2.05, 4.69) is 0 Å². The molecule has 0 aliphatic rings. The van der Waals surface area contributed by atoms with Crippen LogP contribution < -0.4 is 5.73 Å². The molecular formula is C16H17F2NOS. The van der Waals surface area contributed by atoms with E-state index in [-0.39, 0.29) is 11.5 Å². The van der Waals surface area contributed by atoms with Crippen molar-refractivity contribution in [2.45, 2.75) is 16.9 Å². The number of thioether (sulfide) groups is 1. The average Bonchev–Trinajstić information content (AvgIpc) is 2.51. The van der Waals surface area contributed by atoms with Crippen molar-refractivity contribution in [3.05, 3.63) is 65.7 Å². The van der Waals surface area contributed by atoms with E-state index in [1.807, 2.05) is 30.3 Å². The Hall–Kier alpha value is -1.43. The highest BCUT2D eigenvalue weighted by Gasteiger charge is 2.26. The van der Waals surface area contributed by atoms with Gasteiger partial charge < -0.3 is 10.8 Å². The highest BCUT2D eigenvalue weighted by atomic mass is 32.2. The summed E-state index contributed by atoms with van der Waals surface area (Å²) in [5.41, 5.74) is 6.17. The van der Waals surface area contributed by atoms with Crippen molar-refractivity contribution in [1.29, 1.82) is 0 Å². The number of hydrogen-bond acceptors (Lipinski definition) is 3. The first-order chi connectivity index (χ1) is 10.0. The van der Waals surface area contributed by atoms with E-state index >= 15 is 0 Å². The van der Waals surface area contributed by atoms with Crippen LogP contribution in [0.25, 0.3) is 0 Å². The molecule has 0 saturated carbocycles. The smallest absolute Gasteiger partial charge is 0.136 e. The lowest BCUT2D eigenvalue weighted by Gasteiger charge is -2.27. The first-order valence-corrected chi connectivity index (χ1v) is 7.57. The van der Waals surface area contributed by atoms with Crippen LogP contribution in [0.2, 0.25) is 0 Å². The lowest BCUT2D eigenvalue weighted by Crippen LogP contribution is -2.41. The first-order valence-electron chi connectivity index (χ1n) is 6.58. The molecule has 0 amide bonds. The van der Waals surface area contributed by atoms with Crippen LogP contribution in [0.3, 0.4) is 0 Å². The Kier molecular flexibility index (Phi) is 5.33. The largest absolute Gasteiger partial charge is 0.394 e. The second-order valence-corrected chi connectivity index (χ2v) is 5.99. The minimum Gasteiger partial charge on any atom is -0.394 e. The van der Waals surface area contributed by atoms with Crippen molar-refractivity contribution in [2.75, 3.05) is 12.4 Å². The van der Waals surface area contributed by atoms with Crippen molar-refractivity contribution in [3.63, 3.8) is 0 Å². The minimum absolute atomic E-state index is 0.205. The monoisotopic (exact) mass is 309 g/mol. The van der Waals surface area contributed by atoms with Crippen molar-refractivity contribution < 1.29 is 13.9 Å². The predicted molar refractivity (Wildman–Crippen MR) is 81.1 cm³/mol. The van der Waals surface area contributed by atoms with E-state index in [9.17, 15) is 13.9 Å². The fourth-order valence-electron chi connectivity index (χ4n) is 2.02. The maximum atomic E-state index is 13.5. The summed E-state index contributed by atoms with van der Waals surface area (Å²) >= 11 is 1.19. The molecule has 112 valence electrons. The number of aliphatic hydroxyl groups excluding tert-OH is 1. The van der Waals surface area contributed by atoms with E-state index in [0.29, 0.717) is 12.2 Å².